The van der Waals surface area contributed by atoms with E-state index in [2.05, 4.69) is 19.0 Å². The van der Waals surface area contributed by atoms with Crippen LogP contribution in [0.2, 0.25) is 0 Å². The first-order valence-electron chi connectivity index (χ1n) is 6.45. The Morgan fingerprint density at radius 3 is 2.22 bits per heavy atom. The number of nitrogens with zero attached hydrogens (tertiary/aromatic N) is 1. The van der Waals surface area contributed by atoms with Crippen molar-refractivity contribution in [2.24, 2.45) is 0 Å². The Balaban J connectivity index is 2.16. The van der Waals surface area contributed by atoms with Crippen LogP contribution in [0.5, 0.6) is 0 Å². The van der Waals surface area contributed by atoms with E-state index in [9.17, 15) is 9.18 Å². The third kappa shape index (κ3) is 2.78. The van der Waals surface area contributed by atoms with E-state index >= 15 is 0 Å². The van der Waals surface area contributed by atoms with E-state index in [0.29, 0.717) is 18.6 Å². The zero-order valence-corrected chi connectivity index (χ0v) is 11.1. The lowest BCUT2D eigenvalue weighted by molar-refractivity contribution is -0.122. The maximum Gasteiger partial charge on any atom is 0.133 e. The van der Waals surface area contributed by atoms with Crippen molar-refractivity contribution in [3.05, 3.63) is 35.6 Å². The quantitative estimate of drug-likeness (QED) is 0.821. The molecule has 0 heterocycles. The topological polar surface area (TPSA) is 20.3 Å². The van der Waals surface area contributed by atoms with Crippen LogP contribution in [0, 0.1) is 5.82 Å². The summed E-state index contributed by atoms with van der Waals surface area (Å²) < 4.78 is 12.9. The van der Waals surface area contributed by atoms with Crippen LogP contribution in [0.4, 0.5) is 4.39 Å². The Hall–Kier alpha value is -1.22. The summed E-state index contributed by atoms with van der Waals surface area (Å²) in [6.07, 6.45) is 4.01. The Bertz CT molecular complexity index is 415. The van der Waals surface area contributed by atoms with Gasteiger partial charge in [-0.15, -0.1) is 0 Å². The highest BCUT2D eigenvalue weighted by molar-refractivity contribution is 5.79. The number of hydrogen-bond acceptors (Lipinski definition) is 2. The molecule has 0 spiro atoms. The van der Waals surface area contributed by atoms with Crippen molar-refractivity contribution >= 4 is 5.78 Å². The monoisotopic (exact) mass is 249 g/mol. The third-order valence-corrected chi connectivity index (χ3v) is 4.13. The Kier molecular flexibility index (Phi) is 3.81. The number of carbonyl (C=O) groups excluding carboxylic acids is 1. The summed E-state index contributed by atoms with van der Waals surface area (Å²) in [5, 5.41) is 0. The number of rotatable bonds is 3. The van der Waals surface area contributed by atoms with Crippen LogP contribution in [0.25, 0.3) is 0 Å². The van der Waals surface area contributed by atoms with Gasteiger partial charge in [-0.05, 0) is 51.1 Å². The lowest BCUT2D eigenvalue weighted by Crippen LogP contribution is -2.48. The van der Waals surface area contributed by atoms with Gasteiger partial charge in [0.2, 0.25) is 0 Å². The van der Waals surface area contributed by atoms with Crippen molar-refractivity contribution in [1.82, 2.24) is 4.90 Å². The second-order valence-corrected chi connectivity index (χ2v) is 5.46. The van der Waals surface area contributed by atoms with Gasteiger partial charge in [0, 0.05) is 18.4 Å². The van der Waals surface area contributed by atoms with E-state index in [4.69, 9.17) is 0 Å². The van der Waals surface area contributed by atoms with Crippen LogP contribution >= 0.6 is 0 Å². The maximum absolute atomic E-state index is 12.9. The first kappa shape index (κ1) is 13.2. The van der Waals surface area contributed by atoms with Crippen molar-refractivity contribution in [2.75, 3.05) is 14.1 Å². The zero-order valence-electron chi connectivity index (χ0n) is 11.1. The fraction of sp³-hybridized carbons (Fsp3) is 0.533. The Labute approximate surface area is 108 Å². The molecule has 98 valence electrons. The predicted molar refractivity (Wildman–Crippen MR) is 70.0 cm³/mol. The molecule has 0 unspecified atom stereocenters. The van der Waals surface area contributed by atoms with Crippen molar-refractivity contribution in [2.45, 2.75) is 37.6 Å². The molecular formula is C15H20FNO. The predicted octanol–water partition coefficient (Wildman–Crippen LogP) is 2.81. The van der Waals surface area contributed by atoms with Crippen molar-refractivity contribution in [3.63, 3.8) is 0 Å². The second-order valence-electron chi connectivity index (χ2n) is 5.46. The molecule has 2 nitrogen and oxygen atoms in total. The van der Waals surface area contributed by atoms with Crippen molar-refractivity contribution in [3.8, 4) is 0 Å². The molecule has 1 fully saturated rings. The molecule has 0 radical (unpaired) electrons. The van der Waals surface area contributed by atoms with E-state index in [1.807, 2.05) is 12.1 Å². The average Bonchev–Trinajstić information content (AvgIpc) is 2.35. The molecule has 2 rings (SSSR count). The number of likely N-dealkylation sites (N-methyl/N-ethyl adjacent to an activating group) is 1. The molecule has 18 heavy (non-hydrogen) atoms. The molecule has 1 aliphatic carbocycles. The van der Waals surface area contributed by atoms with Gasteiger partial charge in [0.15, 0.2) is 0 Å². The molecule has 0 saturated heterocycles. The molecular weight excluding hydrogens is 229 g/mol. The largest absolute Gasteiger partial charge is 0.303 e. The van der Waals surface area contributed by atoms with E-state index in [1.165, 1.54) is 12.1 Å². The number of carbonyl (C=O) groups is 1. The Morgan fingerprint density at radius 1 is 1.17 bits per heavy atom. The first-order valence-corrected chi connectivity index (χ1v) is 6.45. The highest BCUT2D eigenvalue weighted by Gasteiger charge is 2.36. The third-order valence-electron chi connectivity index (χ3n) is 4.13. The highest BCUT2D eigenvalue weighted by atomic mass is 19.1. The van der Waals surface area contributed by atoms with Gasteiger partial charge in [0.1, 0.15) is 11.6 Å². The molecule has 0 atom stereocenters. The zero-order chi connectivity index (χ0) is 13.2. The molecule has 0 aliphatic heterocycles. The molecule has 0 bridgehead atoms. The molecule has 0 aromatic heterocycles. The van der Waals surface area contributed by atoms with Crippen LogP contribution in [-0.4, -0.2) is 30.3 Å². The van der Waals surface area contributed by atoms with Gasteiger partial charge in [-0.2, -0.15) is 0 Å². The number of ketones is 1. The molecule has 1 aliphatic rings. The summed E-state index contributed by atoms with van der Waals surface area (Å²) in [4.78, 5) is 13.6. The van der Waals surface area contributed by atoms with Crippen LogP contribution in [0.1, 0.15) is 31.2 Å². The van der Waals surface area contributed by atoms with Gasteiger partial charge in [-0.1, -0.05) is 12.1 Å². The molecule has 0 amide bonds. The van der Waals surface area contributed by atoms with Gasteiger partial charge in [0.05, 0.1) is 0 Å². The summed E-state index contributed by atoms with van der Waals surface area (Å²) in [6, 6.07) is 6.70. The standard InChI is InChI=1S/C15H20FNO/c1-17(2)15(9-7-14(18)8-10-15)11-12-3-5-13(16)6-4-12/h3-6H,7-11H2,1-2H3. The average molecular weight is 249 g/mol. The fourth-order valence-corrected chi connectivity index (χ4v) is 2.76. The summed E-state index contributed by atoms with van der Waals surface area (Å²) in [5.74, 6) is 0.169. The molecule has 1 aromatic rings. The summed E-state index contributed by atoms with van der Waals surface area (Å²) in [5.41, 5.74) is 1.19. The smallest absolute Gasteiger partial charge is 0.133 e. The lowest BCUT2D eigenvalue weighted by atomic mass is 9.76. The van der Waals surface area contributed by atoms with Crippen molar-refractivity contribution < 1.29 is 9.18 Å². The molecule has 3 heteroatoms. The van der Waals surface area contributed by atoms with Crippen LogP contribution < -0.4 is 0 Å². The minimum absolute atomic E-state index is 0.0474. The van der Waals surface area contributed by atoms with E-state index < -0.39 is 0 Å². The minimum Gasteiger partial charge on any atom is -0.303 e. The highest BCUT2D eigenvalue weighted by Crippen LogP contribution is 2.33. The Morgan fingerprint density at radius 2 is 1.72 bits per heavy atom. The normalized spacial score (nSPS) is 19.2. The van der Waals surface area contributed by atoms with Crippen LogP contribution in [-0.2, 0) is 11.2 Å². The van der Waals surface area contributed by atoms with Gasteiger partial charge < -0.3 is 4.90 Å². The number of Topliss-reactive ketones (excluding diaryl/α,β-unsaturated/α-hetero) is 1. The lowest BCUT2D eigenvalue weighted by Gasteiger charge is -2.43. The van der Waals surface area contributed by atoms with Gasteiger partial charge in [0.25, 0.3) is 0 Å². The summed E-state index contributed by atoms with van der Waals surface area (Å²) >= 11 is 0. The molecule has 0 N–H and O–H groups in total. The summed E-state index contributed by atoms with van der Waals surface area (Å²) in [7, 11) is 4.14. The van der Waals surface area contributed by atoms with Crippen LogP contribution in [0.15, 0.2) is 24.3 Å². The summed E-state index contributed by atoms with van der Waals surface area (Å²) in [6.45, 7) is 0. The second kappa shape index (κ2) is 5.19. The van der Waals surface area contributed by atoms with E-state index in [-0.39, 0.29) is 11.4 Å². The number of halogens is 1. The molecule has 1 aromatic carbocycles. The van der Waals surface area contributed by atoms with Gasteiger partial charge >= 0.3 is 0 Å². The first-order chi connectivity index (χ1) is 8.52. The van der Waals surface area contributed by atoms with Crippen molar-refractivity contribution in [1.29, 1.82) is 0 Å². The maximum atomic E-state index is 12.9. The molecule has 1 saturated carbocycles. The van der Waals surface area contributed by atoms with E-state index in [0.717, 1.165) is 24.8 Å². The van der Waals surface area contributed by atoms with Gasteiger partial charge in [-0.25, -0.2) is 4.39 Å². The van der Waals surface area contributed by atoms with Gasteiger partial charge in [-0.3, -0.25) is 4.79 Å². The number of benzene rings is 1. The SMILES string of the molecule is CN(C)C1(Cc2ccc(F)cc2)CCC(=O)CC1. The van der Waals surface area contributed by atoms with Crippen LogP contribution in [0.3, 0.4) is 0 Å². The number of hydrogen-bond donors (Lipinski definition) is 0. The minimum atomic E-state index is -0.198. The fourth-order valence-electron chi connectivity index (χ4n) is 2.76. The van der Waals surface area contributed by atoms with E-state index in [1.54, 1.807) is 0 Å².